The molecule has 92 valence electrons. The van der Waals surface area contributed by atoms with Crippen molar-refractivity contribution in [1.82, 2.24) is 9.55 Å². The molecule has 1 heterocycles. The molecule has 4 heteroatoms. The zero-order valence-corrected chi connectivity index (χ0v) is 11.8. The molecule has 0 aliphatic carbocycles. The van der Waals surface area contributed by atoms with Gasteiger partial charge in [-0.1, -0.05) is 18.2 Å². The van der Waals surface area contributed by atoms with E-state index in [1.165, 1.54) is 0 Å². The minimum atomic E-state index is 0.619. The molecule has 0 bridgehead atoms. The SMILES string of the molecule is Cc1nc2ccccc2n1-c1cccc(Br)c1C#N. The number of imidazole rings is 1. The number of hydrogen-bond acceptors (Lipinski definition) is 2. The van der Waals surface area contributed by atoms with Crippen molar-refractivity contribution in [3.63, 3.8) is 0 Å². The Kier molecular flexibility index (Phi) is 2.84. The summed E-state index contributed by atoms with van der Waals surface area (Å²) in [6, 6.07) is 15.9. The average Bonchev–Trinajstić information content (AvgIpc) is 2.74. The number of aromatic nitrogens is 2. The molecule has 0 spiro atoms. The summed E-state index contributed by atoms with van der Waals surface area (Å²) < 4.78 is 2.81. The van der Waals surface area contributed by atoms with Gasteiger partial charge in [0.25, 0.3) is 0 Å². The minimum Gasteiger partial charge on any atom is -0.295 e. The molecule has 0 aliphatic heterocycles. The van der Waals surface area contributed by atoms with Crippen LogP contribution in [0.3, 0.4) is 0 Å². The zero-order chi connectivity index (χ0) is 13.4. The van der Waals surface area contributed by atoms with Crippen LogP contribution in [0.5, 0.6) is 0 Å². The first-order valence-electron chi connectivity index (χ1n) is 5.85. The first-order chi connectivity index (χ1) is 9.22. The Hall–Kier alpha value is -2.12. The lowest BCUT2D eigenvalue weighted by Gasteiger charge is -2.09. The van der Waals surface area contributed by atoms with Gasteiger partial charge < -0.3 is 0 Å². The first-order valence-corrected chi connectivity index (χ1v) is 6.64. The third-order valence-electron chi connectivity index (χ3n) is 3.07. The van der Waals surface area contributed by atoms with E-state index in [0.717, 1.165) is 27.0 Å². The molecule has 3 nitrogen and oxygen atoms in total. The molecule has 3 rings (SSSR count). The van der Waals surface area contributed by atoms with Crippen LogP contribution in [0.15, 0.2) is 46.9 Å². The number of rotatable bonds is 1. The Morgan fingerprint density at radius 2 is 1.95 bits per heavy atom. The van der Waals surface area contributed by atoms with Crippen molar-refractivity contribution in [1.29, 1.82) is 5.26 Å². The summed E-state index contributed by atoms with van der Waals surface area (Å²) in [5.74, 6) is 0.871. The van der Waals surface area contributed by atoms with E-state index in [1.807, 2.05) is 54.0 Å². The third-order valence-corrected chi connectivity index (χ3v) is 3.73. The molecule has 19 heavy (non-hydrogen) atoms. The predicted octanol–water partition coefficient (Wildman–Crippen LogP) is 3.97. The topological polar surface area (TPSA) is 41.6 Å². The molecule has 0 saturated heterocycles. The van der Waals surface area contributed by atoms with Crippen LogP contribution in [0.2, 0.25) is 0 Å². The number of benzene rings is 2. The summed E-state index contributed by atoms with van der Waals surface area (Å²) in [5, 5.41) is 9.35. The summed E-state index contributed by atoms with van der Waals surface area (Å²) in [6.45, 7) is 1.95. The number of halogens is 1. The largest absolute Gasteiger partial charge is 0.295 e. The van der Waals surface area contributed by atoms with Crippen LogP contribution in [0.1, 0.15) is 11.4 Å². The standard InChI is InChI=1S/C15H10BrN3/c1-10-18-13-6-2-3-7-15(13)19(10)14-8-4-5-12(16)11(14)9-17/h2-8H,1H3. The van der Waals surface area contributed by atoms with Gasteiger partial charge in [-0.2, -0.15) is 5.26 Å². The number of nitriles is 1. The molecule has 0 amide bonds. The molecule has 2 aromatic carbocycles. The lowest BCUT2D eigenvalue weighted by atomic mass is 10.2. The van der Waals surface area contributed by atoms with Crippen LogP contribution in [0.4, 0.5) is 0 Å². The Labute approximate surface area is 119 Å². The molecule has 0 aliphatic rings. The smallest absolute Gasteiger partial charge is 0.111 e. The van der Waals surface area contributed by atoms with Crippen molar-refractivity contribution in [2.75, 3.05) is 0 Å². The van der Waals surface area contributed by atoms with Crippen molar-refractivity contribution >= 4 is 27.0 Å². The first kappa shape index (κ1) is 11.9. The van der Waals surface area contributed by atoms with E-state index in [0.29, 0.717) is 5.56 Å². The normalized spacial score (nSPS) is 10.6. The van der Waals surface area contributed by atoms with Crippen molar-refractivity contribution in [2.45, 2.75) is 6.92 Å². The predicted molar refractivity (Wildman–Crippen MR) is 78.2 cm³/mol. The van der Waals surface area contributed by atoms with Gasteiger partial charge in [-0.05, 0) is 47.1 Å². The van der Waals surface area contributed by atoms with Gasteiger partial charge in [0.1, 0.15) is 11.9 Å². The Bertz CT molecular complexity index is 812. The second-order valence-electron chi connectivity index (χ2n) is 4.23. The molecule has 0 N–H and O–H groups in total. The lowest BCUT2D eigenvalue weighted by molar-refractivity contribution is 0.995. The van der Waals surface area contributed by atoms with Crippen molar-refractivity contribution < 1.29 is 0 Å². The molecule has 0 atom stereocenters. The van der Waals surface area contributed by atoms with Crippen LogP contribution < -0.4 is 0 Å². The van der Waals surface area contributed by atoms with E-state index in [2.05, 4.69) is 27.0 Å². The maximum absolute atomic E-state index is 9.35. The van der Waals surface area contributed by atoms with E-state index in [4.69, 9.17) is 0 Å². The lowest BCUT2D eigenvalue weighted by Crippen LogP contribution is -2.00. The zero-order valence-electron chi connectivity index (χ0n) is 10.3. The van der Waals surface area contributed by atoms with Crippen LogP contribution in [0.25, 0.3) is 16.7 Å². The molecule has 0 fully saturated rings. The second kappa shape index (κ2) is 4.52. The second-order valence-corrected chi connectivity index (χ2v) is 5.08. The van der Waals surface area contributed by atoms with Gasteiger partial charge in [-0.15, -0.1) is 0 Å². The van der Waals surface area contributed by atoms with E-state index in [1.54, 1.807) is 0 Å². The fraction of sp³-hybridized carbons (Fsp3) is 0.0667. The maximum atomic E-state index is 9.35. The highest BCUT2D eigenvalue weighted by molar-refractivity contribution is 9.10. The highest BCUT2D eigenvalue weighted by Gasteiger charge is 2.13. The quantitative estimate of drug-likeness (QED) is 0.682. The monoisotopic (exact) mass is 311 g/mol. The van der Waals surface area contributed by atoms with E-state index in [9.17, 15) is 5.26 Å². The summed E-state index contributed by atoms with van der Waals surface area (Å²) in [6.07, 6.45) is 0. The molecule has 0 radical (unpaired) electrons. The molecular weight excluding hydrogens is 302 g/mol. The summed E-state index contributed by atoms with van der Waals surface area (Å²) >= 11 is 3.43. The van der Waals surface area contributed by atoms with Crippen molar-refractivity contribution in [3.8, 4) is 11.8 Å². The fourth-order valence-corrected chi connectivity index (χ4v) is 2.70. The number of para-hydroxylation sites is 2. The van der Waals surface area contributed by atoms with Crippen LogP contribution in [0, 0.1) is 18.3 Å². The number of hydrogen-bond donors (Lipinski definition) is 0. The van der Waals surface area contributed by atoms with Crippen LogP contribution >= 0.6 is 15.9 Å². The number of fused-ring (bicyclic) bond motifs is 1. The molecule has 0 unspecified atom stereocenters. The van der Waals surface area contributed by atoms with Crippen LogP contribution in [-0.2, 0) is 0 Å². The van der Waals surface area contributed by atoms with E-state index in [-0.39, 0.29) is 0 Å². The Morgan fingerprint density at radius 3 is 2.74 bits per heavy atom. The summed E-state index contributed by atoms with van der Waals surface area (Å²) in [4.78, 5) is 4.53. The van der Waals surface area contributed by atoms with Gasteiger partial charge >= 0.3 is 0 Å². The van der Waals surface area contributed by atoms with Gasteiger partial charge in [0, 0.05) is 4.47 Å². The average molecular weight is 312 g/mol. The van der Waals surface area contributed by atoms with Crippen molar-refractivity contribution in [2.24, 2.45) is 0 Å². The highest BCUT2D eigenvalue weighted by Crippen LogP contribution is 2.27. The molecule has 0 saturated carbocycles. The van der Waals surface area contributed by atoms with Gasteiger partial charge in [0.05, 0.1) is 22.3 Å². The maximum Gasteiger partial charge on any atom is 0.111 e. The summed E-state index contributed by atoms with van der Waals surface area (Å²) in [7, 11) is 0. The minimum absolute atomic E-state index is 0.619. The van der Waals surface area contributed by atoms with Gasteiger partial charge in [0.2, 0.25) is 0 Å². The Morgan fingerprint density at radius 1 is 1.16 bits per heavy atom. The fourth-order valence-electron chi connectivity index (χ4n) is 2.26. The summed E-state index contributed by atoms with van der Waals surface area (Å²) in [5.41, 5.74) is 3.41. The van der Waals surface area contributed by atoms with Crippen LogP contribution in [-0.4, -0.2) is 9.55 Å². The molecular formula is C15H10BrN3. The number of aryl methyl sites for hydroxylation is 1. The highest BCUT2D eigenvalue weighted by atomic mass is 79.9. The number of nitrogens with zero attached hydrogens (tertiary/aromatic N) is 3. The Balaban J connectivity index is 2.41. The molecule has 1 aromatic heterocycles. The van der Waals surface area contributed by atoms with E-state index >= 15 is 0 Å². The van der Waals surface area contributed by atoms with Crippen molar-refractivity contribution in [3.05, 3.63) is 58.3 Å². The van der Waals surface area contributed by atoms with Gasteiger partial charge in [0.15, 0.2) is 0 Å². The molecule has 3 aromatic rings. The van der Waals surface area contributed by atoms with Gasteiger partial charge in [-0.3, -0.25) is 4.57 Å². The van der Waals surface area contributed by atoms with E-state index < -0.39 is 0 Å². The van der Waals surface area contributed by atoms with Gasteiger partial charge in [-0.25, -0.2) is 4.98 Å². The third kappa shape index (κ3) is 1.83.